The van der Waals surface area contributed by atoms with Crippen LogP contribution in [0, 0.1) is 11.8 Å². The van der Waals surface area contributed by atoms with Gasteiger partial charge in [0.25, 0.3) is 0 Å². The molecule has 16 heavy (non-hydrogen) atoms. The number of nitrogens with zero attached hydrogens (tertiary/aromatic N) is 1. The van der Waals surface area contributed by atoms with Gasteiger partial charge in [-0.05, 0) is 30.2 Å². The topological polar surface area (TPSA) is 3.24 Å². The fourth-order valence-corrected chi connectivity index (χ4v) is 3.30. The van der Waals surface area contributed by atoms with Crippen molar-refractivity contribution in [1.82, 2.24) is 4.90 Å². The van der Waals surface area contributed by atoms with Gasteiger partial charge in [-0.2, -0.15) is 0 Å². The third-order valence-electron chi connectivity index (χ3n) is 4.05. The standard InChI is InChI=1S/C14H19N.ClH/c1-2-5-12(6-3-1)9-15-10-13-7-4-8-14(13)11-15;/h1-3,5-6,13-14H,4,7-11H2;1H. The summed E-state index contributed by atoms with van der Waals surface area (Å²) in [4.78, 5) is 2.64. The lowest BCUT2D eigenvalue weighted by Gasteiger charge is -2.16. The number of hydrogen-bond acceptors (Lipinski definition) is 1. The van der Waals surface area contributed by atoms with Crippen LogP contribution in [-0.2, 0) is 6.54 Å². The SMILES string of the molecule is Cl.c1ccc(CN2CC3CCCC3C2)cc1. The van der Waals surface area contributed by atoms with E-state index >= 15 is 0 Å². The Morgan fingerprint density at radius 2 is 1.62 bits per heavy atom. The van der Waals surface area contributed by atoms with Crippen LogP contribution in [0.4, 0.5) is 0 Å². The lowest BCUT2D eigenvalue weighted by Crippen LogP contribution is -2.20. The molecule has 2 unspecified atom stereocenters. The van der Waals surface area contributed by atoms with E-state index in [-0.39, 0.29) is 12.4 Å². The van der Waals surface area contributed by atoms with Crippen molar-refractivity contribution in [2.45, 2.75) is 25.8 Å². The van der Waals surface area contributed by atoms with Gasteiger partial charge in [0.15, 0.2) is 0 Å². The Morgan fingerprint density at radius 1 is 1.00 bits per heavy atom. The van der Waals surface area contributed by atoms with Gasteiger partial charge in [-0.1, -0.05) is 36.8 Å². The lowest BCUT2D eigenvalue weighted by atomic mass is 10.0. The van der Waals surface area contributed by atoms with E-state index in [2.05, 4.69) is 35.2 Å². The number of halogens is 1. The molecule has 1 aromatic carbocycles. The zero-order valence-electron chi connectivity index (χ0n) is 9.64. The third kappa shape index (κ3) is 2.41. The van der Waals surface area contributed by atoms with Gasteiger partial charge in [0, 0.05) is 19.6 Å². The molecule has 0 bridgehead atoms. The smallest absolute Gasteiger partial charge is 0.0233 e. The molecule has 2 atom stereocenters. The summed E-state index contributed by atoms with van der Waals surface area (Å²) in [5.41, 5.74) is 1.47. The fraction of sp³-hybridized carbons (Fsp3) is 0.571. The molecule has 0 N–H and O–H groups in total. The Morgan fingerprint density at radius 3 is 2.25 bits per heavy atom. The molecule has 1 nitrogen and oxygen atoms in total. The Labute approximate surface area is 104 Å². The molecule has 0 aromatic heterocycles. The van der Waals surface area contributed by atoms with Crippen LogP contribution >= 0.6 is 12.4 Å². The van der Waals surface area contributed by atoms with Crippen LogP contribution in [0.5, 0.6) is 0 Å². The van der Waals surface area contributed by atoms with Crippen molar-refractivity contribution in [2.24, 2.45) is 11.8 Å². The average molecular weight is 238 g/mol. The molecule has 1 heterocycles. The van der Waals surface area contributed by atoms with Crippen molar-refractivity contribution in [1.29, 1.82) is 0 Å². The normalized spacial score (nSPS) is 28.8. The predicted molar refractivity (Wildman–Crippen MR) is 69.8 cm³/mol. The average Bonchev–Trinajstić information content (AvgIpc) is 2.79. The number of rotatable bonds is 2. The summed E-state index contributed by atoms with van der Waals surface area (Å²) in [6.45, 7) is 3.85. The van der Waals surface area contributed by atoms with E-state index in [1.807, 2.05) is 0 Å². The van der Waals surface area contributed by atoms with Crippen LogP contribution in [0.1, 0.15) is 24.8 Å². The molecule has 1 aliphatic carbocycles. The summed E-state index contributed by atoms with van der Waals surface area (Å²) in [5.74, 6) is 2.04. The van der Waals surface area contributed by atoms with Gasteiger partial charge in [0.2, 0.25) is 0 Å². The molecule has 88 valence electrons. The number of hydrogen-bond donors (Lipinski definition) is 0. The second-order valence-electron chi connectivity index (χ2n) is 5.13. The van der Waals surface area contributed by atoms with Crippen molar-refractivity contribution < 1.29 is 0 Å². The molecule has 0 radical (unpaired) electrons. The summed E-state index contributed by atoms with van der Waals surface area (Å²) < 4.78 is 0. The summed E-state index contributed by atoms with van der Waals surface area (Å²) in [6, 6.07) is 10.9. The summed E-state index contributed by atoms with van der Waals surface area (Å²) in [6.07, 6.45) is 4.44. The number of fused-ring (bicyclic) bond motifs is 1. The first-order valence-electron chi connectivity index (χ1n) is 6.18. The van der Waals surface area contributed by atoms with Crippen molar-refractivity contribution in [3.05, 3.63) is 35.9 Å². The number of likely N-dealkylation sites (tertiary alicyclic amines) is 1. The minimum Gasteiger partial charge on any atom is -0.299 e. The fourth-order valence-electron chi connectivity index (χ4n) is 3.30. The highest BCUT2D eigenvalue weighted by molar-refractivity contribution is 5.85. The molecular formula is C14H20ClN. The second kappa shape index (κ2) is 5.20. The molecule has 2 fully saturated rings. The Hall–Kier alpha value is -0.530. The van der Waals surface area contributed by atoms with E-state index in [1.54, 1.807) is 0 Å². The summed E-state index contributed by atoms with van der Waals surface area (Å²) >= 11 is 0. The van der Waals surface area contributed by atoms with Gasteiger partial charge in [0.05, 0.1) is 0 Å². The Kier molecular flexibility index (Phi) is 3.88. The minimum absolute atomic E-state index is 0. The van der Waals surface area contributed by atoms with Crippen LogP contribution in [-0.4, -0.2) is 18.0 Å². The Bertz CT molecular complexity index is 313. The van der Waals surface area contributed by atoms with E-state index in [0.717, 1.165) is 18.4 Å². The maximum absolute atomic E-state index is 2.64. The molecule has 3 rings (SSSR count). The largest absolute Gasteiger partial charge is 0.299 e. The molecule has 1 aliphatic heterocycles. The zero-order valence-corrected chi connectivity index (χ0v) is 10.5. The Balaban J connectivity index is 0.000000963. The van der Waals surface area contributed by atoms with Gasteiger partial charge in [-0.3, -0.25) is 4.90 Å². The maximum Gasteiger partial charge on any atom is 0.0233 e. The van der Waals surface area contributed by atoms with Gasteiger partial charge < -0.3 is 0 Å². The molecule has 2 heteroatoms. The van der Waals surface area contributed by atoms with Gasteiger partial charge in [-0.25, -0.2) is 0 Å². The lowest BCUT2D eigenvalue weighted by molar-refractivity contribution is 0.303. The molecule has 1 aromatic rings. The summed E-state index contributed by atoms with van der Waals surface area (Å²) in [7, 11) is 0. The van der Waals surface area contributed by atoms with Crippen molar-refractivity contribution >= 4 is 12.4 Å². The first kappa shape index (κ1) is 11.9. The van der Waals surface area contributed by atoms with Gasteiger partial charge in [0.1, 0.15) is 0 Å². The van der Waals surface area contributed by atoms with Gasteiger partial charge in [-0.15, -0.1) is 12.4 Å². The van der Waals surface area contributed by atoms with Crippen LogP contribution in [0.2, 0.25) is 0 Å². The van der Waals surface area contributed by atoms with Crippen molar-refractivity contribution in [3.8, 4) is 0 Å². The van der Waals surface area contributed by atoms with Crippen LogP contribution in [0.15, 0.2) is 30.3 Å². The second-order valence-corrected chi connectivity index (χ2v) is 5.13. The maximum atomic E-state index is 2.64. The van der Waals surface area contributed by atoms with Crippen molar-refractivity contribution in [2.75, 3.05) is 13.1 Å². The van der Waals surface area contributed by atoms with Crippen molar-refractivity contribution in [3.63, 3.8) is 0 Å². The van der Waals surface area contributed by atoms with E-state index < -0.39 is 0 Å². The molecular weight excluding hydrogens is 218 g/mol. The molecule has 2 aliphatic rings. The minimum atomic E-state index is 0. The van der Waals surface area contributed by atoms with E-state index in [1.165, 1.54) is 37.9 Å². The van der Waals surface area contributed by atoms with Crippen LogP contribution in [0.3, 0.4) is 0 Å². The zero-order chi connectivity index (χ0) is 10.1. The molecule has 0 amide bonds. The van der Waals surface area contributed by atoms with Crippen LogP contribution in [0.25, 0.3) is 0 Å². The van der Waals surface area contributed by atoms with Crippen LogP contribution < -0.4 is 0 Å². The molecule has 0 spiro atoms. The highest BCUT2D eigenvalue weighted by atomic mass is 35.5. The quantitative estimate of drug-likeness (QED) is 0.763. The first-order valence-corrected chi connectivity index (χ1v) is 6.18. The predicted octanol–water partition coefficient (Wildman–Crippen LogP) is 3.34. The first-order chi connectivity index (χ1) is 7.42. The highest BCUT2D eigenvalue weighted by Crippen LogP contribution is 2.38. The molecule has 1 saturated carbocycles. The summed E-state index contributed by atoms with van der Waals surface area (Å²) in [5, 5.41) is 0. The molecule has 1 saturated heterocycles. The highest BCUT2D eigenvalue weighted by Gasteiger charge is 2.35. The van der Waals surface area contributed by atoms with E-state index in [9.17, 15) is 0 Å². The monoisotopic (exact) mass is 237 g/mol. The number of benzene rings is 1. The van der Waals surface area contributed by atoms with Gasteiger partial charge >= 0.3 is 0 Å². The van der Waals surface area contributed by atoms with E-state index in [0.29, 0.717) is 0 Å². The third-order valence-corrected chi connectivity index (χ3v) is 4.05. The van der Waals surface area contributed by atoms with E-state index in [4.69, 9.17) is 0 Å².